The maximum Gasteiger partial charge on any atom is 0.324 e. The highest BCUT2D eigenvalue weighted by Gasteiger charge is 2.24. The van der Waals surface area contributed by atoms with E-state index < -0.39 is 29.1 Å². The third kappa shape index (κ3) is 4.65. The van der Waals surface area contributed by atoms with Gasteiger partial charge < -0.3 is 9.64 Å². The van der Waals surface area contributed by atoms with E-state index in [4.69, 9.17) is 16.3 Å². The van der Waals surface area contributed by atoms with Gasteiger partial charge in [0.25, 0.3) is 5.91 Å². The predicted octanol–water partition coefficient (Wildman–Crippen LogP) is 4.39. The number of halogens is 3. The van der Waals surface area contributed by atoms with Gasteiger partial charge in [-0.3, -0.25) is 10.1 Å². The number of aromatic nitrogens is 2. The van der Waals surface area contributed by atoms with Gasteiger partial charge in [-0.1, -0.05) is 22.9 Å². The van der Waals surface area contributed by atoms with Gasteiger partial charge >= 0.3 is 6.03 Å². The minimum Gasteiger partial charge on any atom is -0.483 e. The zero-order valence-electron chi connectivity index (χ0n) is 16.0. The number of hydrogen-bond donors (Lipinski definition) is 1. The van der Waals surface area contributed by atoms with Gasteiger partial charge in [-0.15, -0.1) is 0 Å². The lowest BCUT2D eigenvalue weighted by Crippen LogP contribution is -2.43. The number of ether oxygens (including phenoxy) is 1. The van der Waals surface area contributed by atoms with Crippen LogP contribution in [0.1, 0.15) is 29.2 Å². The van der Waals surface area contributed by atoms with Crippen LogP contribution in [0, 0.1) is 11.6 Å². The molecule has 0 atom stereocenters. The van der Waals surface area contributed by atoms with E-state index in [2.05, 4.69) is 9.97 Å². The maximum absolute atomic E-state index is 14.8. The highest BCUT2D eigenvalue weighted by atomic mass is 35.5. The van der Waals surface area contributed by atoms with Crippen LogP contribution in [0.5, 0.6) is 5.75 Å². The molecule has 0 aliphatic carbocycles. The third-order valence-corrected chi connectivity index (χ3v) is 5.32. The van der Waals surface area contributed by atoms with Gasteiger partial charge in [0.2, 0.25) is 0 Å². The topological polar surface area (TPSA) is 84.4 Å². The maximum atomic E-state index is 14.8. The lowest BCUT2D eigenvalue weighted by molar-refractivity contribution is 0.0943. The van der Waals surface area contributed by atoms with Crippen molar-refractivity contribution in [3.05, 3.63) is 51.6 Å². The highest BCUT2D eigenvalue weighted by molar-refractivity contribution is 7.18. The van der Waals surface area contributed by atoms with Crippen LogP contribution in [0.15, 0.2) is 24.4 Å². The van der Waals surface area contributed by atoms with Crippen LogP contribution in [0.25, 0.3) is 10.3 Å². The smallest absolute Gasteiger partial charge is 0.324 e. The third-order valence-electron chi connectivity index (χ3n) is 4.16. The lowest BCUT2D eigenvalue weighted by Gasteiger charge is -2.18. The molecule has 3 aromatic rings. The van der Waals surface area contributed by atoms with E-state index in [9.17, 15) is 18.4 Å². The number of rotatable bonds is 6. The van der Waals surface area contributed by atoms with Crippen molar-refractivity contribution in [1.82, 2.24) is 20.2 Å². The van der Waals surface area contributed by atoms with Crippen molar-refractivity contribution >= 4 is 45.2 Å². The molecule has 3 amide bonds. The van der Waals surface area contributed by atoms with Gasteiger partial charge in [0.15, 0.2) is 11.6 Å². The Kier molecular flexibility index (Phi) is 6.78. The quantitative estimate of drug-likeness (QED) is 0.597. The van der Waals surface area contributed by atoms with Crippen LogP contribution >= 0.6 is 22.9 Å². The Morgan fingerprint density at radius 2 is 2.00 bits per heavy atom. The molecule has 0 bridgehead atoms. The fourth-order valence-corrected chi connectivity index (χ4v) is 3.60. The second-order valence-corrected chi connectivity index (χ2v) is 7.54. The summed E-state index contributed by atoms with van der Waals surface area (Å²) < 4.78 is 34.3. The van der Waals surface area contributed by atoms with Crippen molar-refractivity contribution < 1.29 is 23.1 Å². The van der Waals surface area contributed by atoms with Crippen molar-refractivity contribution in [1.29, 1.82) is 0 Å². The number of nitrogens with one attached hydrogen (secondary N) is 1. The Morgan fingerprint density at radius 1 is 1.27 bits per heavy atom. The zero-order chi connectivity index (χ0) is 21.8. The number of benzene rings is 1. The molecule has 0 saturated heterocycles. The van der Waals surface area contributed by atoms with Gasteiger partial charge in [0.05, 0.1) is 5.02 Å². The summed E-state index contributed by atoms with van der Waals surface area (Å²) in [5.74, 6) is -3.85. The molecule has 2 heterocycles. The Labute approximate surface area is 179 Å². The van der Waals surface area contributed by atoms with Crippen LogP contribution < -0.4 is 10.1 Å². The molecule has 0 radical (unpaired) electrons. The number of amides is 3. The summed E-state index contributed by atoms with van der Waals surface area (Å²) in [6, 6.07) is 2.86. The van der Waals surface area contributed by atoms with Crippen LogP contribution in [0.2, 0.25) is 5.02 Å². The minimum atomic E-state index is -1.21. The molecule has 11 heteroatoms. The molecule has 0 saturated carbocycles. The summed E-state index contributed by atoms with van der Waals surface area (Å²) in [6.45, 7) is 3.99. The van der Waals surface area contributed by atoms with E-state index in [1.54, 1.807) is 19.9 Å². The van der Waals surface area contributed by atoms with Crippen molar-refractivity contribution in [2.75, 3.05) is 13.1 Å². The molecule has 0 fully saturated rings. The molecule has 3 rings (SSSR count). The Bertz CT molecular complexity index is 1100. The van der Waals surface area contributed by atoms with Gasteiger partial charge in [-0.25, -0.2) is 23.5 Å². The number of pyridine rings is 1. The first kappa shape index (κ1) is 21.8. The SMILES string of the molecule is CCN(CC)C(=O)NC(=O)c1c(F)ccc(OCc2nc3cc(Cl)cnc3s2)c1F. The second-order valence-electron chi connectivity index (χ2n) is 6.04. The van der Waals surface area contributed by atoms with Crippen molar-refractivity contribution in [2.45, 2.75) is 20.5 Å². The normalized spacial score (nSPS) is 10.8. The first-order valence-electron chi connectivity index (χ1n) is 8.96. The molecule has 0 aliphatic heterocycles. The van der Waals surface area contributed by atoms with Crippen LogP contribution in [0.4, 0.5) is 13.6 Å². The minimum absolute atomic E-state index is 0.124. The summed E-state index contributed by atoms with van der Waals surface area (Å²) in [7, 11) is 0. The number of nitrogens with zero attached hydrogens (tertiary/aromatic N) is 3. The Balaban J connectivity index is 1.77. The van der Waals surface area contributed by atoms with Crippen molar-refractivity contribution in [3.63, 3.8) is 0 Å². The fourth-order valence-electron chi connectivity index (χ4n) is 2.65. The molecule has 1 N–H and O–H groups in total. The standard InChI is InChI=1S/C19H17ClF2N4O3S/c1-3-26(4-2)19(28)25-17(27)15-11(21)5-6-13(16(15)22)29-9-14-24-12-7-10(20)8-23-18(12)30-14/h5-8H,3-4,9H2,1-2H3,(H,25,27,28). The monoisotopic (exact) mass is 454 g/mol. The number of hydrogen-bond acceptors (Lipinski definition) is 6. The fraction of sp³-hybridized carbons (Fsp3) is 0.263. The molecule has 2 aromatic heterocycles. The lowest BCUT2D eigenvalue weighted by atomic mass is 10.1. The first-order chi connectivity index (χ1) is 14.3. The molecular weight excluding hydrogens is 438 g/mol. The molecule has 158 valence electrons. The van der Waals surface area contributed by atoms with Gasteiger partial charge in [0.1, 0.15) is 33.3 Å². The average Bonchev–Trinajstić information content (AvgIpc) is 3.10. The summed E-state index contributed by atoms with van der Waals surface area (Å²) in [4.78, 5) is 34.7. The van der Waals surface area contributed by atoms with E-state index in [1.165, 1.54) is 22.4 Å². The van der Waals surface area contributed by atoms with Crippen LogP contribution in [0.3, 0.4) is 0 Å². The number of urea groups is 1. The van der Waals surface area contributed by atoms with Gasteiger partial charge in [0, 0.05) is 19.3 Å². The van der Waals surface area contributed by atoms with E-state index in [1.807, 2.05) is 5.32 Å². The number of fused-ring (bicyclic) bond motifs is 1. The van der Waals surface area contributed by atoms with E-state index in [0.29, 0.717) is 33.5 Å². The van der Waals surface area contributed by atoms with E-state index >= 15 is 0 Å². The summed E-state index contributed by atoms with van der Waals surface area (Å²) in [6.07, 6.45) is 1.48. The molecule has 1 aromatic carbocycles. The van der Waals surface area contributed by atoms with Gasteiger partial charge in [-0.2, -0.15) is 0 Å². The van der Waals surface area contributed by atoms with Gasteiger partial charge in [-0.05, 0) is 32.0 Å². The molecular formula is C19H17ClF2N4O3S. The summed E-state index contributed by atoms with van der Waals surface area (Å²) in [5.41, 5.74) is -0.327. The number of thiazole rings is 1. The highest BCUT2D eigenvalue weighted by Crippen LogP contribution is 2.27. The number of carbonyl (C=O) groups is 2. The van der Waals surface area contributed by atoms with Crippen LogP contribution in [-0.4, -0.2) is 39.9 Å². The average molecular weight is 455 g/mol. The largest absolute Gasteiger partial charge is 0.483 e. The number of imide groups is 1. The molecule has 30 heavy (non-hydrogen) atoms. The number of carbonyl (C=O) groups excluding carboxylic acids is 2. The predicted molar refractivity (Wildman–Crippen MR) is 109 cm³/mol. The van der Waals surface area contributed by atoms with E-state index in [-0.39, 0.29) is 12.4 Å². The zero-order valence-corrected chi connectivity index (χ0v) is 17.6. The van der Waals surface area contributed by atoms with E-state index in [0.717, 1.165) is 12.1 Å². The Hall–Kier alpha value is -2.85. The van der Waals surface area contributed by atoms with Crippen LogP contribution in [-0.2, 0) is 6.61 Å². The summed E-state index contributed by atoms with van der Waals surface area (Å²) >= 11 is 7.11. The molecule has 0 unspecified atom stereocenters. The first-order valence-corrected chi connectivity index (χ1v) is 10.2. The van der Waals surface area contributed by atoms with Crippen molar-refractivity contribution in [3.8, 4) is 5.75 Å². The summed E-state index contributed by atoms with van der Waals surface area (Å²) in [5, 5.41) is 2.91. The molecule has 0 spiro atoms. The molecule has 0 aliphatic rings. The Morgan fingerprint density at radius 3 is 2.70 bits per heavy atom. The second kappa shape index (κ2) is 9.31. The molecule has 7 nitrogen and oxygen atoms in total. The van der Waals surface area contributed by atoms with Crippen molar-refractivity contribution in [2.24, 2.45) is 0 Å².